The van der Waals surface area contributed by atoms with Crippen LogP contribution in [0.25, 0.3) is 11.1 Å². The Bertz CT molecular complexity index is 501. The summed E-state index contributed by atoms with van der Waals surface area (Å²) in [5.41, 5.74) is 7.87. The van der Waals surface area contributed by atoms with Crippen LogP contribution in [0.5, 0.6) is 0 Å². The molecule has 2 aromatic rings. The number of hydrogen-bond acceptors (Lipinski definition) is 3. The maximum Gasteiger partial charge on any atom is 0.126 e. The molecule has 0 fully saturated rings. The summed E-state index contributed by atoms with van der Waals surface area (Å²) in [5, 5.41) is 7.72. The number of aromatic nitrogens is 2. The summed E-state index contributed by atoms with van der Waals surface area (Å²) in [4.78, 5) is 4.04. The predicted molar refractivity (Wildman–Crippen MR) is 57.7 cm³/mol. The van der Waals surface area contributed by atoms with Crippen molar-refractivity contribution in [1.29, 1.82) is 5.41 Å². The van der Waals surface area contributed by atoms with E-state index in [2.05, 4.69) is 4.98 Å². The summed E-state index contributed by atoms with van der Waals surface area (Å²) in [6, 6.07) is 7.56. The molecule has 0 aromatic carbocycles. The van der Waals surface area contributed by atoms with Crippen LogP contribution in [0.3, 0.4) is 0 Å². The number of rotatable bonds is 2. The Balaban J connectivity index is 2.48. The molecule has 2 heterocycles. The lowest BCUT2D eigenvalue weighted by Crippen LogP contribution is -2.22. The molecular formula is C11H12N4. The van der Waals surface area contributed by atoms with Crippen LogP contribution in [0.2, 0.25) is 0 Å². The quantitative estimate of drug-likeness (QED) is 0.757. The van der Waals surface area contributed by atoms with Gasteiger partial charge in [-0.15, -0.1) is 0 Å². The highest BCUT2D eigenvalue weighted by atomic mass is 15.0. The van der Waals surface area contributed by atoms with Crippen molar-refractivity contribution in [2.75, 3.05) is 0 Å². The first kappa shape index (κ1) is 9.61. The Labute approximate surface area is 87.5 Å². The van der Waals surface area contributed by atoms with Crippen molar-refractivity contribution in [2.24, 2.45) is 5.73 Å². The molecule has 0 aliphatic heterocycles. The third-order valence-electron chi connectivity index (χ3n) is 2.23. The highest BCUT2D eigenvalue weighted by molar-refractivity contribution is 5.61. The molecule has 4 heteroatoms. The van der Waals surface area contributed by atoms with Gasteiger partial charge < -0.3 is 10.3 Å². The van der Waals surface area contributed by atoms with E-state index in [0.717, 1.165) is 11.1 Å². The molecule has 0 spiro atoms. The van der Waals surface area contributed by atoms with E-state index < -0.39 is 0 Å². The zero-order valence-electron chi connectivity index (χ0n) is 8.22. The lowest BCUT2D eigenvalue weighted by molar-refractivity contribution is 0.679. The molecule has 0 aliphatic rings. The Morgan fingerprint density at radius 2 is 2.20 bits per heavy atom. The van der Waals surface area contributed by atoms with E-state index in [0.29, 0.717) is 12.2 Å². The molecular weight excluding hydrogens is 188 g/mol. The SMILES string of the molecule is N=c1cc(-c2cccnc2)ccn1CN. The molecule has 2 aromatic heterocycles. The zero-order valence-corrected chi connectivity index (χ0v) is 8.22. The minimum Gasteiger partial charge on any atom is -0.320 e. The smallest absolute Gasteiger partial charge is 0.126 e. The fourth-order valence-electron chi connectivity index (χ4n) is 1.40. The van der Waals surface area contributed by atoms with Gasteiger partial charge in [0.1, 0.15) is 5.49 Å². The van der Waals surface area contributed by atoms with Crippen molar-refractivity contribution in [3.05, 3.63) is 48.3 Å². The van der Waals surface area contributed by atoms with E-state index in [-0.39, 0.29) is 0 Å². The van der Waals surface area contributed by atoms with Gasteiger partial charge in [-0.3, -0.25) is 10.4 Å². The van der Waals surface area contributed by atoms with Crippen LogP contribution >= 0.6 is 0 Å². The van der Waals surface area contributed by atoms with Crippen molar-refractivity contribution in [3.8, 4) is 11.1 Å². The molecule has 0 aliphatic carbocycles. The molecule has 0 unspecified atom stereocenters. The molecule has 0 atom stereocenters. The second-order valence-electron chi connectivity index (χ2n) is 3.19. The normalized spacial score (nSPS) is 10.2. The van der Waals surface area contributed by atoms with Crippen molar-refractivity contribution >= 4 is 0 Å². The van der Waals surface area contributed by atoms with Gasteiger partial charge in [0.05, 0.1) is 6.67 Å². The molecule has 0 amide bonds. The predicted octanol–water partition coefficient (Wildman–Crippen LogP) is 0.946. The molecule has 0 saturated heterocycles. The second-order valence-corrected chi connectivity index (χ2v) is 3.19. The molecule has 0 bridgehead atoms. The number of hydrogen-bond donors (Lipinski definition) is 2. The molecule has 15 heavy (non-hydrogen) atoms. The van der Waals surface area contributed by atoms with Gasteiger partial charge in [0.25, 0.3) is 0 Å². The Kier molecular flexibility index (Phi) is 2.60. The first-order valence-electron chi connectivity index (χ1n) is 4.67. The topological polar surface area (TPSA) is 67.7 Å². The fraction of sp³-hybridized carbons (Fsp3) is 0.0909. The second kappa shape index (κ2) is 4.06. The van der Waals surface area contributed by atoms with Crippen molar-refractivity contribution in [3.63, 3.8) is 0 Å². The number of pyridine rings is 2. The minimum absolute atomic E-state index is 0.326. The van der Waals surface area contributed by atoms with E-state index >= 15 is 0 Å². The van der Waals surface area contributed by atoms with Crippen LogP contribution in [0, 0.1) is 5.41 Å². The lowest BCUT2D eigenvalue weighted by Gasteiger charge is -2.05. The Hall–Kier alpha value is -1.94. The summed E-state index contributed by atoms with van der Waals surface area (Å²) in [6.45, 7) is 0.326. The van der Waals surface area contributed by atoms with Gasteiger partial charge in [0.15, 0.2) is 0 Å². The number of nitrogens with two attached hydrogens (primary N) is 1. The largest absolute Gasteiger partial charge is 0.320 e. The molecule has 0 saturated carbocycles. The standard InChI is InChI=1S/C11H12N4/c12-8-15-5-3-9(6-11(15)13)10-2-1-4-14-7-10/h1-7,13H,8,12H2. The van der Waals surface area contributed by atoms with E-state index in [1.807, 2.05) is 24.4 Å². The van der Waals surface area contributed by atoms with E-state index in [9.17, 15) is 0 Å². The van der Waals surface area contributed by atoms with Gasteiger partial charge >= 0.3 is 0 Å². The molecule has 0 radical (unpaired) electrons. The van der Waals surface area contributed by atoms with Gasteiger partial charge in [-0.05, 0) is 23.8 Å². The minimum atomic E-state index is 0.326. The van der Waals surface area contributed by atoms with Gasteiger partial charge in [-0.2, -0.15) is 0 Å². The third-order valence-corrected chi connectivity index (χ3v) is 2.23. The summed E-state index contributed by atoms with van der Waals surface area (Å²) in [7, 11) is 0. The Morgan fingerprint density at radius 1 is 1.33 bits per heavy atom. The average Bonchev–Trinajstić information content (AvgIpc) is 2.30. The van der Waals surface area contributed by atoms with Crippen LogP contribution < -0.4 is 11.2 Å². The van der Waals surface area contributed by atoms with Crippen molar-refractivity contribution in [1.82, 2.24) is 9.55 Å². The third kappa shape index (κ3) is 1.94. The average molecular weight is 200 g/mol. The van der Waals surface area contributed by atoms with Crippen LogP contribution in [0.15, 0.2) is 42.9 Å². The fourth-order valence-corrected chi connectivity index (χ4v) is 1.40. The summed E-state index contributed by atoms with van der Waals surface area (Å²) in [6.07, 6.45) is 5.32. The van der Waals surface area contributed by atoms with Gasteiger partial charge in [0.2, 0.25) is 0 Å². The summed E-state index contributed by atoms with van der Waals surface area (Å²) in [5.74, 6) is 0. The summed E-state index contributed by atoms with van der Waals surface area (Å²) >= 11 is 0. The van der Waals surface area contributed by atoms with Crippen LogP contribution in [-0.2, 0) is 6.67 Å². The van der Waals surface area contributed by atoms with E-state index in [1.165, 1.54) is 0 Å². The maximum atomic E-state index is 7.72. The van der Waals surface area contributed by atoms with Crippen LogP contribution in [0.4, 0.5) is 0 Å². The highest BCUT2D eigenvalue weighted by Gasteiger charge is 1.97. The zero-order chi connectivity index (χ0) is 10.7. The highest BCUT2D eigenvalue weighted by Crippen LogP contribution is 2.14. The van der Waals surface area contributed by atoms with Crippen LogP contribution in [0.1, 0.15) is 0 Å². The van der Waals surface area contributed by atoms with E-state index in [1.54, 1.807) is 23.0 Å². The molecule has 4 nitrogen and oxygen atoms in total. The number of nitrogens with one attached hydrogen (secondary N) is 1. The summed E-state index contributed by atoms with van der Waals surface area (Å²) < 4.78 is 1.67. The molecule has 76 valence electrons. The molecule has 3 N–H and O–H groups in total. The van der Waals surface area contributed by atoms with Gasteiger partial charge in [0, 0.05) is 24.2 Å². The monoisotopic (exact) mass is 200 g/mol. The van der Waals surface area contributed by atoms with Gasteiger partial charge in [-0.1, -0.05) is 6.07 Å². The van der Waals surface area contributed by atoms with Crippen molar-refractivity contribution < 1.29 is 0 Å². The first-order chi connectivity index (χ1) is 7.31. The van der Waals surface area contributed by atoms with Gasteiger partial charge in [-0.25, -0.2) is 0 Å². The number of nitrogens with zero attached hydrogens (tertiary/aromatic N) is 2. The maximum absolute atomic E-state index is 7.72. The lowest BCUT2D eigenvalue weighted by atomic mass is 10.1. The van der Waals surface area contributed by atoms with E-state index in [4.69, 9.17) is 11.1 Å². The Morgan fingerprint density at radius 3 is 2.80 bits per heavy atom. The molecule has 2 rings (SSSR count). The van der Waals surface area contributed by atoms with Crippen molar-refractivity contribution in [2.45, 2.75) is 6.67 Å². The first-order valence-corrected chi connectivity index (χ1v) is 4.67. The van der Waals surface area contributed by atoms with Crippen LogP contribution in [-0.4, -0.2) is 9.55 Å².